The van der Waals surface area contributed by atoms with Gasteiger partial charge in [-0.3, -0.25) is 0 Å². The molecule has 3 aliphatic carbocycles. The maximum Gasteiger partial charge on any atom is 0.333 e. The van der Waals surface area contributed by atoms with Gasteiger partial charge in [0.05, 0.1) is 11.7 Å². The Balaban J connectivity index is 1.88. The second-order valence-corrected chi connectivity index (χ2v) is 6.90. The fourth-order valence-corrected chi connectivity index (χ4v) is 4.54. The minimum absolute atomic E-state index is 0.261. The van der Waals surface area contributed by atoms with Crippen molar-refractivity contribution >= 4 is 5.97 Å². The van der Waals surface area contributed by atoms with Crippen molar-refractivity contribution in [2.75, 3.05) is 0 Å². The Hall–Kier alpha value is -0.870. The average molecular weight is 266 g/mol. The first-order valence-corrected chi connectivity index (χ1v) is 7.12. The van der Waals surface area contributed by atoms with Gasteiger partial charge in [0.25, 0.3) is 0 Å². The molecule has 3 fully saturated rings. The van der Waals surface area contributed by atoms with Crippen molar-refractivity contribution in [3.63, 3.8) is 0 Å². The van der Waals surface area contributed by atoms with E-state index in [0.717, 1.165) is 19.3 Å². The maximum atomic E-state index is 11.8. The summed E-state index contributed by atoms with van der Waals surface area (Å²) in [6, 6.07) is 0. The number of carbonyl (C=O) groups is 1. The van der Waals surface area contributed by atoms with Gasteiger partial charge in [-0.25, -0.2) is 4.79 Å². The molecule has 0 aliphatic heterocycles. The highest BCUT2D eigenvalue weighted by Crippen LogP contribution is 2.57. The molecular weight excluding hydrogens is 244 g/mol. The van der Waals surface area contributed by atoms with Gasteiger partial charge in [-0.15, -0.1) is 0 Å². The molecule has 0 saturated heterocycles. The molecule has 0 amide bonds. The van der Waals surface area contributed by atoms with E-state index < -0.39 is 23.3 Å². The van der Waals surface area contributed by atoms with Crippen LogP contribution in [-0.2, 0) is 9.53 Å². The molecule has 106 valence electrons. The van der Waals surface area contributed by atoms with Gasteiger partial charge in [0.1, 0.15) is 5.60 Å². The molecule has 0 radical (unpaired) electrons. The Morgan fingerprint density at radius 3 is 2.79 bits per heavy atom. The lowest BCUT2D eigenvalue weighted by Crippen LogP contribution is -2.61. The van der Waals surface area contributed by atoms with Crippen LogP contribution in [0.1, 0.15) is 45.4 Å². The maximum absolute atomic E-state index is 11.8. The Morgan fingerprint density at radius 1 is 1.37 bits per heavy atom. The molecule has 4 heteroatoms. The van der Waals surface area contributed by atoms with Gasteiger partial charge >= 0.3 is 5.97 Å². The van der Waals surface area contributed by atoms with Crippen molar-refractivity contribution in [2.45, 2.75) is 62.8 Å². The topological polar surface area (TPSA) is 66.8 Å². The van der Waals surface area contributed by atoms with Gasteiger partial charge in [-0.1, -0.05) is 6.58 Å². The molecule has 5 unspecified atom stereocenters. The van der Waals surface area contributed by atoms with E-state index in [-0.39, 0.29) is 11.8 Å². The first-order chi connectivity index (χ1) is 8.83. The number of aliphatic hydroxyl groups excluding tert-OH is 1. The van der Waals surface area contributed by atoms with Crippen LogP contribution >= 0.6 is 0 Å². The second-order valence-electron chi connectivity index (χ2n) is 6.90. The van der Waals surface area contributed by atoms with E-state index in [0.29, 0.717) is 24.8 Å². The Kier molecular flexibility index (Phi) is 2.81. The normalized spacial score (nSPS) is 47.8. The Bertz CT molecular complexity index is 428. The van der Waals surface area contributed by atoms with Crippen LogP contribution in [0.4, 0.5) is 0 Å². The van der Waals surface area contributed by atoms with Crippen LogP contribution in [0.15, 0.2) is 12.2 Å². The van der Waals surface area contributed by atoms with E-state index in [2.05, 4.69) is 6.58 Å². The summed E-state index contributed by atoms with van der Waals surface area (Å²) in [6.07, 6.45) is 3.60. The summed E-state index contributed by atoms with van der Waals surface area (Å²) in [7, 11) is 0. The van der Waals surface area contributed by atoms with Crippen molar-refractivity contribution < 1.29 is 19.7 Å². The Morgan fingerprint density at radius 2 is 2.11 bits per heavy atom. The van der Waals surface area contributed by atoms with Gasteiger partial charge in [0, 0.05) is 18.4 Å². The lowest BCUT2D eigenvalue weighted by Gasteiger charge is -2.58. The minimum Gasteiger partial charge on any atom is -0.456 e. The molecule has 3 bridgehead atoms. The fraction of sp³-hybridized carbons (Fsp3) is 0.800. The van der Waals surface area contributed by atoms with E-state index in [1.165, 1.54) is 0 Å². The van der Waals surface area contributed by atoms with E-state index in [4.69, 9.17) is 4.74 Å². The number of esters is 1. The third kappa shape index (κ3) is 2.11. The molecule has 0 heterocycles. The van der Waals surface area contributed by atoms with Crippen LogP contribution in [0.25, 0.3) is 0 Å². The predicted octanol–water partition coefficient (Wildman–Crippen LogP) is 1.55. The summed E-state index contributed by atoms with van der Waals surface area (Å²) < 4.78 is 5.64. The summed E-state index contributed by atoms with van der Waals surface area (Å²) in [4.78, 5) is 11.8. The number of hydrogen-bond donors (Lipinski definition) is 2. The van der Waals surface area contributed by atoms with E-state index >= 15 is 0 Å². The molecular formula is C15H22O4. The van der Waals surface area contributed by atoms with Crippen molar-refractivity contribution in [3.8, 4) is 0 Å². The van der Waals surface area contributed by atoms with E-state index in [1.807, 2.05) is 0 Å². The highest BCUT2D eigenvalue weighted by Gasteiger charge is 2.59. The molecule has 3 rings (SSSR count). The zero-order valence-electron chi connectivity index (χ0n) is 11.4. The van der Waals surface area contributed by atoms with Gasteiger partial charge < -0.3 is 14.9 Å². The molecule has 0 aromatic carbocycles. The zero-order valence-corrected chi connectivity index (χ0v) is 11.4. The zero-order chi connectivity index (χ0) is 13.8. The summed E-state index contributed by atoms with van der Waals surface area (Å²) in [5.74, 6) is 0.126. The molecule has 19 heavy (non-hydrogen) atoms. The third-order valence-electron chi connectivity index (χ3n) is 5.21. The van der Waals surface area contributed by atoms with E-state index in [1.54, 1.807) is 6.92 Å². The summed E-state index contributed by atoms with van der Waals surface area (Å²) >= 11 is 0. The largest absolute Gasteiger partial charge is 0.456 e. The highest BCUT2D eigenvalue weighted by atomic mass is 16.6. The second kappa shape index (κ2) is 4.06. The number of ether oxygens (including phenoxy) is 1. The van der Waals surface area contributed by atoms with Crippen molar-refractivity contribution in [1.29, 1.82) is 0 Å². The van der Waals surface area contributed by atoms with Crippen LogP contribution in [0.2, 0.25) is 0 Å². The molecule has 0 aromatic rings. The average Bonchev–Trinajstić information content (AvgIpc) is 2.25. The minimum atomic E-state index is -0.713. The third-order valence-corrected chi connectivity index (χ3v) is 5.21. The van der Waals surface area contributed by atoms with Crippen LogP contribution in [0.3, 0.4) is 0 Å². The quantitative estimate of drug-likeness (QED) is 0.588. The van der Waals surface area contributed by atoms with Crippen LogP contribution in [0, 0.1) is 11.8 Å². The molecule has 3 aliphatic rings. The van der Waals surface area contributed by atoms with Crippen LogP contribution in [0.5, 0.6) is 0 Å². The lowest BCUT2D eigenvalue weighted by atomic mass is 9.53. The molecule has 2 N–H and O–H groups in total. The standard InChI is InChI=1S/C15H22O4/c1-9(2)13(17)19-15-6-10-5-14(18,8-15)4-3-11(10)12(16)7-15/h10-12,16,18H,1,3-8H2,2H3. The number of hydrogen-bond acceptors (Lipinski definition) is 4. The molecule has 5 atom stereocenters. The van der Waals surface area contributed by atoms with E-state index in [9.17, 15) is 15.0 Å². The van der Waals surface area contributed by atoms with Gasteiger partial charge in [0.15, 0.2) is 0 Å². The van der Waals surface area contributed by atoms with Crippen LogP contribution < -0.4 is 0 Å². The number of carbonyl (C=O) groups excluding carboxylic acids is 1. The smallest absolute Gasteiger partial charge is 0.333 e. The first-order valence-electron chi connectivity index (χ1n) is 7.12. The molecule has 0 aromatic heterocycles. The van der Waals surface area contributed by atoms with Gasteiger partial charge in [-0.2, -0.15) is 0 Å². The number of rotatable bonds is 2. The summed E-state index contributed by atoms with van der Waals surface area (Å²) in [5.41, 5.74) is -1.03. The Labute approximate surface area is 113 Å². The molecule has 4 nitrogen and oxygen atoms in total. The lowest BCUT2D eigenvalue weighted by molar-refractivity contribution is -0.222. The van der Waals surface area contributed by atoms with Gasteiger partial charge in [0.2, 0.25) is 0 Å². The first kappa shape index (κ1) is 13.1. The molecule has 3 saturated carbocycles. The molecule has 0 spiro atoms. The summed E-state index contributed by atoms with van der Waals surface area (Å²) in [6.45, 7) is 5.23. The van der Waals surface area contributed by atoms with Crippen molar-refractivity contribution in [1.82, 2.24) is 0 Å². The number of fused-ring (bicyclic) bond motifs is 2. The summed E-state index contributed by atoms with van der Waals surface area (Å²) in [5, 5.41) is 20.9. The van der Waals surface area contributed by atoms with Crippen molar-refractivity contribution in [3.05, 3.63) is 12.2 Å². The highest BCUT2D eigenvalue weighted by molar-refractivity contribution is 5.87. The monoisotopic (exact) mass is 266 g/mol. The predicted molar refractivity (Wildman–Crippen MR) is 69.3 cm³/mol. The van der Waals surface area contributed by atoms with Crippen LogP contribution in [-0.4, -0.2) is 33.5 Å². The van der Waals surface area contributed by atoms with Crippen molar-refractivity contribution in [2.24, 2.45) is 11.8 Å². The van der Waals surface area contributed by atoms with Gasteiger partial charge in [-0.05, 0) is 44.4 Å². The SMILES string of the molecule is C=C(C)C(=O)OC12CC(O)C3CCC(O)(CC3C1)C2. The fourth-order valence-electron chi connectivity index (χ4n) is 4.54. The number of aliphatic hydroxyl groups is 2.